The minimum absolute atomic E-state index is 0.128. The van der Waals surface area contributed by atoms with Gasteiger partial charge in [0.05, 0.1) is 11.3 Å². The van der Waals surface area contributed by atoms with Crippen LogP contribution < -0.4 is 11.1 Å². The van der Waals surface area contributed by atoms with E-state index in [-0.39, 0.29) is 11.7 Å². The maximum atomic E-state index is 12.0. The van der Waals surface area contributed by atoms with Gasteiger partial charge in [-0.1, -0.05) is 23.1 Å². The molecular formula is C11H12N4O3S2. The molecule has 0 unspecified atom stereocenters. The minimum atomic E-state index is -0.430. The molecule has 0 aliphatic heterocycles. The lowest BCUT2D eigenvalue weighted by molar-refractivity contribution is -0.115. The third-order valence-electron chi connectivity index (χ3n) is 2.25. The highest BCUT2D eigenvalue weighted by atomic mass is 32.2. The Morgan fingerprint density at radius 2 is 2.20 bits per heavy atom. The number of carbonyl (C=O) groups is 2. The zero-order valence-corrected chi connectivity index (χ0v) is 12.4. The third-order valence-corrected chi connectivity index (χ3v) is 4.24. The summed E-state index contributed by atoms with van der Waals surface area (Å²) in [6.07, 6.45) is 0. The zero-order valence-electron chi connectivity index (χ0n) is 10.8. The van der Waals surface area contributed by atoms with Crippen molar-refractivity contribution in [2.24, 2.45) is 5.73 Å². The number of thioether (sulfide) groups is 1. The van der Waals surface area contributed by atoms with Crippen LogP contribution in [0.25, 0.3) is 0 Å². The van der Waals surface area contributed by atoms with Crippen molar-refractivity contribution < 1.29 is 14.0 Å². The average Bonchev–Trinajstić information content (AvgIpc) is 2.93. The Bertz CT molecular complexity index is 650. The largest absolute Gasteiger partial charge is 0.466 e. The number of nitrogens with zero attached hydrogens (tertiary/aromatic N) is 2. The highest BCUT2D eigenvalue weighted by Crippen LogP contribution is 2.25. The Morgan fingerprint density at radius 1 is 1.45 bits per heavy atom. The van der Waals surface area contributed by atoms with Gasteiger partial charge in [-0.2, -0.15) is 0 Å². The Labute approximate surface area is 122 Å². The van der Waals surface area contributed by atoms with Crippen molar-refractivity contribution >= 4 is 40.0 Å². The van der Waals surface area contributed by atoms with Gasteiger partial charge in [0.15, 0.2) is 4.34 Å². The summed E-state index contributed by atoms with van der Waals surface area (Å²) in [6.45, 7) is 3.49. The van der Waals surface area contributed by atoms with Gasteiger partial charge >= 0.3 is 0 Å². The molecule has 106 valence electrons. The van der Waals surface area contributed by atoms with Crippen molar-refractivity contribution in [1.82, 2.24) is 10.2 Å². The molecule has 3 N–H and O–H groups in total. The highest BCUT2D eigenvalue weighted by molar-refractivity contribution is 8.01. The maximum absolute atomic E-state index is 12.0. The summed E-state index contributed by atoms with van der Waals surface area (Å²) in [4.78, 5) is 22.7. The molecule has 0 radical (unpaired) electrons. The number of furan rings is 1. The van der Waals surface area contributed by atoms with Gasteiger partial charge in [-0.05, 0) is 19.9 Å². The van der Waals surface area contributed by atoms with Crippen LogP contribution in [0, 0.1) is 13.8 Å². The second kappa shape index (κ2) is 6.06. The van der Waals surface area contributed by atoms with Gasteiger partial charge in [-0.25, -0.2) is 0 Å². The summed E-state index contributed by atoms with van der Waals surface area (Å²) in [7, 11) is 0. The third kappa shape index (κ3) is 3.58. The summed E-state index contributed by atoms with van der Waals surface area (Å²) < 4.78 is 5.86. The molecule has 7 nitrogen and oxygen atoms in total. The molecule has 2 amide bonds. The fraction of sp³-hybridized carbons (Fsp3) is 0.273. The number of hydrogen-bond donors (Lipinski definition) is 2. The molecule has 2 aromatic rings. The van der Waals surface area contributed by atoms with Crippen LogP contribution in [0.3, 0.4) is 0 Å². The number of nitrogens with one attached hydrogen (secondary N) is 1. The number of anilines is 1. The molecule has 20 heavy (non-hydrogen) atoms. The predicted octanol–water partition coefficient (Wildman–Crippen LogP) is 1.58. The van der Waals surface area contributed by atoms with E-state index in [1.807, 2.05) is 0 Å². The lowest BCUT2D eigenvalue weighted by Gasteiger charge is -1.98. The quantitative estimate of drug-likeness (QED) is 0.640. The Kier molecular flexibility index (Phi) is 4.40. The van der Waals surface area contributed by atoms with E-state index in [0.717, 1.165) is 0 Å². The van der Waals surface area contributed by atoms with Gasteiger partial charge in [0, 0.05) is 0 Å². The first-order valence-electron chi connectivity index (χ1n) is 5.58. The number of aromatic nitrogens is 2. The molecule has 0 atom stereocenters. The summed E-state index contributed by atoms with van der Waals surface area (Å²) in [5.74, 6) is 0.612. The van der Waals surface area contributed by atoms with Crippen LogP contribution in [-0.2, 0) is 4.79 Å². The summed E-state index contributed by atoms with van der Waals surface area (Å²) in [5.41, 5.74) is 5.50. The summed E-state index contributed by atoms with van der Waals surface area (Å²) >= 11 is 2.36. The van der Waals surface area contributed by atoms with E-state index >= 15 is 0 Å². The molecule has 9 heteroatoms. The molecule has 0 saturated heterocycles. The molecule has 0 fully saturated rings. The van der Waals surface area contributed by atoms with E-state index in [9.17, 15) is 9.59 Å². The van der Waals surface area contributed by atoms with Crippen LogP contribution in [-0.4, -0.2) is 27.8 Å². The molecule has 0 aromatic carbocycles. The number of primary amides is 1. The normalized spacial score (nSPS) is 10.5. The molecule has 0 saturated carbocycles. The fourth-order valence-corrected chi connectivity index (χ4v) is 2.96. The van der Waals surface area contributed by atoms with E-state index in [1.165, 1.54) is 23.1 Å². The smallest absolute Gasteiger partial charge is 0.261 e. The van der Waals surface area contributed by atoms with Crippen LogP contribution in [0.1, 0.15) is 21.9 Å². The lowest BCUT2D eigenvalue weighted by Crippen LogP contribution is -2.12. The fourth-order valence-electron chi connectivity index (χ4n) is 1.47. The van der Waals surface area contributed by atoms with E-state index in [2.05, 4.69) is 15.5 Å². The van der Waals surface area contributed by atoms with Crippen molar-refractivity contribution in [2.45, 2.75) is 18.2 Å². The number of nitrogens with two attached hydrogens (primary N) is 1. The molecule has 2 rings (SSSR count). The molecule has 2 heterocycles. The second-order valence-corrected chi connectivity index (χ2v) is 6.11. The van der Waals surface area contributed by atoms with Crippen molar-refractivity contribution in [3.05, 3.63) is 23.2 Å². The first kappa shape index (κ1) is 14.5. The first-order chi connectivity index (χ1) is 9.45. The monoisotopic (exact) mass is 312 g/mol. The van der Waals surface area contributed by atoms with Crippen LogP contribution in [0.15, 0.2) is 14.8 Å². The van der Waals surface area contributed by atoms with E-state index in [4.69, 9.17) is 10.2 Å². The summed E-state index contributed by atoms with van der Waals surface area (Å²) in [5, 5.41) is 10.7. The van der Waals surface area contributed by atoms with Gasteiger partial charge in [0.25, 0.3) is 5.91 Å². The summed E-state index contributed by atoms with van der Waals surface area (Å²) in [6, 6.07) is 1.66. The van der Waals surface area contributed by atoms with Crippen LogP contribution >= 0.6 is 23.1 Å². The molecule has 0 spiro atoms. The van der Waals surface area contributed by atoms with Crippen molar-refractivity contribution in [1.29, 1.82) is 0 Å². The molecular weight excluding hydrogens is 300 g/mol. The Balaban J connectivity index is 2.01. The van der Waals surface area contributed by atoms with Gasteiger partial charge in [-0.3, -0.25) is 14.9 Å². The van der Waals surface area contributed by atoms with Gasteiger partial charge < -0.3 is 10.2 Å². The number of rotatable bonds is 5. The lowest BCUT2D eigenvalue weighted by atomic mass is 10.2. The van der Waals surface area contributed by atoms with Gasteiger partial charge in [0.1, 0.15) is 11.5 Å². The Morgan fingerprint density at radius 3 is 2.80 bits per heavy atom. The van der Waals surface area contributed by atoms with Crippen molar-refractivity contribution in [3.63, 3.8) is 0 Å². The van der Waals surface area contributed by atoms with E-state index in [0.29, 0.717) is 26.6 Å². The van der Waals surface area contributed by atoms with Crippen LogP contribution in [0.2, 0.25) is 0 Å². The molecule has 0 aliphatic carbocycles. The minimum Gasteiger partial charge on any atom is -0.466 e. The van der Waals surface area contributed by atoms with E-state index in [1.54, 1.807) is 19.9 Å². The van der Waals surface area contributed by atoms with Gasteiger partial charge in [0.2, 0.25) is 11.0 Å². The molecule has 0 bridgehead atoms. The number of amides is 2. The molecule has 0 aliphatic rings. The SMILES string of the molecule is Cc1cc(C(=O)Nc2nnc(SCC(N)=O)s2)c(C)o1. The predicted molar refractivity (Wildman–Crippen MR) is 76.0 cm³/mol. The van der Waals surface area contributed by atoms with E-state index < -0.39 is 5.91 Å². The first-order valence-corrected chi connectivity index (χ1v) is 7.39. The zero-order chi connectivity index (χ0) is 14.7. The van der Waals surface area contributed by atoms with Crippen molar-refractivity contribution in [2.75, 3.05) is 11.1 Å². The standard InChI is InChI=1S/C11H12N4O3S2/c1-5-3-7(6(2)18-5)9(17)13-10-14-15-11(20-10)19-4-8(12)16/h3H,4H2,1-2H3,(H2,12,16)(H,13,14,17). The maximum Gasteiger partial charge on any atom is 0.261 e. The van der Waals surface area contributed by atoms with Crippen LogP contribution in [0.5, 0.6) is 0 Å². The number of aryl methyl sites for hydroxylation is 2. The Hall–Kier alpha value is -1.87. The highest BCUT2D eigenvalue weighted by Gasteiger charge is 2.15. The van der Waals surface area contributed by atoms with Crippen LogP contribution in [0.4, 0.5) is 5.13 Å². The van der Waals surface area contributed by atoms with Gasteiger partial charge in [-0.15, -0.1) is 10.2 Å². The number of hydrogen-bond acceptors (Lipinski definition) is 7. The second-order valence-electron chi connectivity index (χ2n) is 3.91. The number of carbonyl (C=O) groups excluding carboxylic acids is 2. The topological polar surface area (TPSA) is 111 Å². The molecule has 2 aromatic heterocycles. The average molecular weight is 312 g/mol. The van der Waals surface area contributed by atoms with Crippen molar-refractivity contribution in [3.8, 4) is 0 Å².